The standard InChI is InChI=1S/C15H22NO6P/c1-12(16(20-2)13-8-6-7-9-13)15(17)22-23(18,19)21-14-10-4-3-5-11-14/h3-5,10-13H,6-9H2,1-2H3,(H,18,19)/t12-/m0/s1. The smallest absolute Gasteiger partial charge is 0.395 e. The summed E-state index contributed by atoms with van der Waals surface area (Å²) in [5.74, 6) is -0.710. The Balaban J connectivity index is 1.97. The zero-order valence-electron chi connectivity index (χ0n) is 13.3. The second kappa shape index (κ2) is 7.93. The first-order chi connectivity index (χ1) is 10.9. The molecule has 0 radical (unpaired) electrons. The van der Waals surface area contributed by atoms with E-state index in [1.165, 1.54) is 24.3 Å². The molecule has 1 saturated carbocycles. The lowest BCUT2D eigenvalue weighted by atomic mass is 10.2. The third-order valence-electron chi connectivity index (χ3n) is 3.79. The number of carbonyl (C=O) groups is 1. The third kappa shape index (κ3) is 5.04. The second-order valence-electron chi connectivity index (χ2n) is 5.44. The van der Waals surface area contributed by atoms with Gasteiger partial charge >= 0.3 is 13.8 Å². The molecule has 2 rings (SSSR count). The molecule has 0 bridgehead atoms. The van der Waals surface area contributed by atoms with E-state index in [4.69, 9.17) is 9.36 Å². The molecule has 0 saturated heterocycles. The minimum Gasteiger partial charge on any atom is -0.395 e. The molecule has 8 heteroatoms. The van der Waals surface area contributed by atoms with Gasteiger partial charge < -0.3 is 13.9 Å². The van der Waals surface area contributed by atoms with Crippen molar-refractivity contribution in [1.82, 2.24) is 5.06 Å². The molecule has 1 fully saturated rings. The van der Waals surface area contributed by atoms with Gasteiger partial charge in [-0.05, 0) is 31.9 Å². The maximum Gasteiger partial charge on any atom is 0.587 e. The van der Waals surface area contributed by atoms with E-state index in [0.717, 1.165) is 25.7 Å². The molecular formula is C15H22NO6P. The van der Waals surface area contributed by atoms with Gasteiger partial charge in [-0.2, -0.15) is 5.06 Å². The lowest BCUT2D eigenvalue weighted by Gasteiger charge is -2.30. The minimum absolute atomic E-state index is 0.107. The highest BCUT2D eigenvalue weighted by Crippen LogP contribution is 2.44. The highest BCUT2D eigenvalue weighted by molar-refractivity contribution is 7.48. The van der Waals surface area contributed by atoms with Crippen LogP contribution in [0.2, 0.25) is 0 Å². The van der Waals surface area contributed by atoms with Gasteiger partial charge in [0.1, 0.15) is 11.8 Å². The summed E-state index contributed by atoms with van der Waals surface area (Å²) in [5.41, 5.74) is 0. The van der Waals surface area contributed by atoms with E-state index in [1.807, 2.05) is 0 Å². The summed E-state index contributed by atoms with van der Waals surface area (Å²) in [4.78, 5) is 27.2. The number of hydrogen-bond donors (Lipinski definition) is 1. The molecule has 0 amide bonds. The molecule has 2 atom stereocenters. The lowest BCUT2D eigenvalue weighted by molar-refractivity contribution is -0.197. The number of para-hydroxylation sites is 1. The summed E-state index contributed by atoms with van der Waals surface area (Å²) >= 11 is 0. The summed E-state index contributed by atoms with van der Waals surface area (Å²) in [5, 5.41) is 1.53. The summed E-state index contributed by atoms with van der Waals surface area (Å²) in [6.07, 6.45) is 3.98. The summed E-state index contributed by atoms with van der Waals surface area (Å²) in [6.45, 7) is 1.58. The van der Waals surface area contributed by atoms with Crippen LogP contribution >= 0.6 is 7.82 Å². The number of hydroxylamine groups is 2. The fraction of sp³-hybridized carbons (Fsp3) is 0.533. The Morgan fingerprint density at radius 2 is 1.91 bits per heavy atom. The molecule has 23 heavy (non-hydrogen) atoms. The van der Waals surface area contributed by atoms with Crippen LogP contribution in [-0.2, 0) is 18.7 Å². The van der Waals surface area contributed by atoms with E-state index in [1.54, 1.807) is 25.1 Å². The Bertz CT molecular complexity index is 560. The van der Waals surface area contributed by atoms with Crippen molar-refractivity contribution in [3.8, 4) is 5.75 Å². The van der Waals surface area contributed by atoms with Crippen LogP contribution in [0.5, 0.6) is 5.75 Å². The summed E-state index contributed by atoms with van der Waals surface area (Å²) in [6, 6.07) is 7.33. The highest BCUT2D eigenvalue weighted by Gasteiger charge is 2.36. The van der Waals surface area contributed by atoms with Gasteiger partial charge in [0.25, 0.3) is 0 Å². The van der Waals surface area contributed by atoms with E-state index in [-0.39, 0.29) is 11.8 Å². The fourth-order valence-electron chi connectivity index (χ4n) is 2.71. The number of carbonyl (C=O) groups excluding carboxylic acids is 1. The maximum atomic E-state index is 12.1. The Labute approximate surface area is 135 Å². The molecule has 1 unspecified atom stereocenters. The molecular weight excluding hydrogens is 321 g/mol. The summed E-state index contributed by atoms with van der Waals surface area (Å²) in [7, 11) is -3.06. The molecule has 1 aromatic rings. The monoisotopic (exact) mass is 343 g/mol. The van der Waals surface area contributed by atoms with Crippen molar-refractivity contribution in [2.45, 2.75) is 44.7 Å². The quantitative estimate of drug-likeness (QED) is 0.602. The van der Waals surface area contributed by atoms with E-state index >= 15 is 0 Å². The predicted octanol–water partition coefficient (Wildman–Crippen LogP) is 2.90. The SMILES string of the molecule is CON(C1CCCC1)[C@@H](C)C(=O)OP(=O)(O)Oc1ccccc1. The van der Waals surface area contributed by atoms with Gasteiger partial charge in [-0.25, -0.2) is 9.36 Å². The normalized spacial score (nSPS) is 19.3. The van der Waals surface area contributed by atoms with Gasteiger partial charge in [-0.1, -0.05) is 31.0 Å². The minimum atomic E-state index is -4.54. The first-order valence-electron chi connectivity index (χ1n) is 7.56. The number of rotatable bonds is 7. The molecule has 1 aromatic carbocycles. The van der Waals surface area contributed by atoms with Gasteiger partial charge in [0, 0.05) is 6.04 Å². The van der Waals surface area contributed by atoms with Crippen molar-refractivity contribution >= 4 is 13.8 Å². The Hall–Kier alpha value is -1.40. The third-order valence-corrected chi connectivity index (χ3v) is 4.64. The van der Waals surface area contributed by atoms with Crippen LogP contribution in [0.15, 0.2) is 30.3 Å². The van der Waals surface area contributed by atoms with E-state index in [0.29, 0.717) is 0 Å². The van der Waals surface area contributed by atoms with E-state index in [2.05, 4.69) is 4.52 Å². The Morgan fingerprint density at radius 1 is 1.30 bits per heavy atom. The second-order valence-corrected chi connectivity index (χ2v) is 6.74. The van der Waals surface area contributed by atoms with Crippen molar-refractivity contribution in [3.05, 3.63) is 30.3 Å². The topological polar surface area (TPSA) is 85.3 Å². The van der Waals surface area contributed by atoms with Gasteiger partial charge in [0.05, 0.1) is 7.11 Å². The zero-order chi connectivity index (χ0) is 16.9. The Kier molecular flexibility index (Phi) is 6.18. The van der Waals surface area contributed by atoms with Crippen molar-refractivity contribution in [3.63, 3.8) is 0 Å². The van der Waals surface area contributed by atoms with Crippen molar-refractivity contribution in [1.29, 1.82) is 0 Å². The molecule has 128 valence electrons. The maximum absolute atomic E-state index is 12.1. The summed E-state index contributed by atoms with van der Waals surface area (Å²) < 4.78 is 21.5. The highest BCUT2D eigenvalue weighted by atomic mass is 31.2. The van der Waals surface area contributed by atoms with Crippen LogP contribution in [-0.4, -0.2) is 35.1 Å². The fourth-order valence-corrected chi connectivity index (χ4v) is 3.51. The van der Waals surface area contributed by atoms with Crippen molar-refractivity contribution < 1.29 is 28.1 Å². The zero-order valence-corrected chi connectivity index (χ0v) is 14.1. The average Bonchev–Trinajstić information content (AvgIpc) is 3.02. The molecule has 1 aliphatic carbocycles. The van der Waals surface area contributed by atoms with Crippen LogP contribution in [0.4, 0.5) is 0 Å². The van der Waals surface area contributed by atoms with Gasteiger partial charge in [0.2, 0.25) is 0 Å². The van der Waals surface area contributed by atoms with Crippen LogP contribution in [0.25, 0.3) is 0 Å². The molecule has 0 aromatic heterocycles. The number of phosphoric acid groups is 1. The molecule has 0 heterocycles. The van der Waals surface area contributed by atoms with Crippen molar-refractivity contribution in [2.75, 3.05) is 7.11 Å². The van der Waals surface area contributed by atoms with E-state index in [9.17, 15) is 14.3 Å². The molecule has 0 aliphatic heterocycles. The first kappa shape index (κ1) is 17.9. The molecule has 0 spiro atoms. The van der Waals surface area contributed by atoms with Crippen LogP contribution in [0.3, 0.4) is 0 Å². The number of nitrogens with zero attached hydrogens (tertiary/aromatic N) is 1. The van der Waals surface area contributed by atoms with Gasteiger partial charge in [-0.3, -0.25) is 4.89 Å². The number of phosphoric ester groups is 1. The van der Waals surface area contributed by atoms with Gasteiger partial charge in [-0.15, -0.1) is 0 Å². The lowest BCUT2D eigenvalue weighted by Crippen LogP contribution is -2.44. The molecule has 7 nitrogen and oxygen atoms in total. The van der Waals surface area contributed by atoms with Crippen LogP contribution in [0.1, 0.15) is 32.6 Å². The van der Waals surface area contributed by atoms with Crippen LogP contribution in [0, 0.1) is 0 Å². The van der Waals surface area contributed by atoms with Gasteiger partial charge in [0.15, 0.2) is 0 Å². The molecule has 1 aliphatic rings. The first-order valence-corrected chi connectivity index (χ1v) is 9.06. The number of hydrogen-bond acceptors (Lipinski definition) is 6. The van der Waals surface area contributed by atoms with Crippen molar-refractivity contribution in [2.24, 2.45) is 0 Å². The largest absolute Gasteiger partial charge is 0.587 e. The van der Waals surface area contributed by atoms with Crippen LogP contribution < -0.4 is 4.52 Å². The Morgan fingerprint density at radius 3 is 2.48 bits per heavy atom. The average molecular weight is 343 g/mol. The van der Waals surface area contributed by atoms with E-state index < -0.39 is 19.8 Å². The predicted molar refractivity (Wildman–Crippen MR) is 83.6 cm³/mol. The molecule has 1 N–H and O–H groups in total. The number of benzene rings is 1.